The number of aromatic nitrogens is 3. The van der Waals surface area contributed by atoms with Crippen LogP contribution in [0.4, 0.5) is 0 Å². The average Bonchev–Trinajstić information content (AvgIpc) is 2.92. The molecule has 0 N–H and O–H groups in total. The highest BCUT2D eigenvalue weighted by Gasteiger charge is 2.51. The summed E-state index contributed by atoms with van der Waals surface area (Å²) >= 11 is 0. The molecule has 0 unspecified atom stereocenters. The van der Waals surface area contributed by atoms with E-state index in [1.54, 1.807) is 6.07 Å². The zero-order chi connectivity index (χ0) is 24.1. The third-order valence-corrected chi connectivity index (χ3v) is 8.75. The Morgan fingerprint density at radius 1 is 0.611 bits per heavy atom. The van der Waals surface area contributed by atoms with Crippen molar-refractivity contribution in [2.45, 2.75) is 43.9 Å². The van der Waals surface area contributed by atoms with E-state index >= 15 is 0 Å². The number of nitrogens with zero attached hydrogens (tertiary/aromatic N) is 4. The van der Waals surface area contributed by atoms with E-state index in [-0.39, 0.29) is 0 Å². The second-order valence-corrected chi connectivity index (χ2v) is 11.1. The Labute approximate surface area is 212 Å². The summed E-state index contributed by atoms with van der Waals surface area (Å²) in [5.41, 5.74) is 5.08. The Balaban J connectivity index is 1.30. The first kappa shape index (κ1) is 21.4. The lowest BCUT2D eigenvalue weighted by atomic mass is 9.48. The third-order valence-electron chi connectivity index (χ3n) is 8.75. The van der Waals surface area contributed by atoms with Crippen molar-refractivity contribution in [3.63, 3.8) is 0 Å². The van der Waals surface area contributed by atoms with Crippen LogP contribution < -0.4 is 0 Å². The summed E-state index contributed by atoms with van der Waals surface area (Å²) in [6.07, 6.45) is 8.44. The molecule has 4 heteroatoms. The van der Waals surface area contributed by atoms with Crippen LogP contribution in [0.2, 0.25) is 0 Å². The number of benzene rings is 3. The van der Waals surface area contributed by atoms with Crippen LogP contribution in [0.5, 0.6) is 0 Å². The van der Waals surface area contributed by atoms with Crippen LogP contribution >= 0.6 is 0 Å². The Morgan fingerprint density at radius 3 is 1.75 bits per heavy atom. The highest BCUT2D eigenvalue weighted by Crippen LogP contribution is 2.60. The van der Waals surface area contributed by atoms with Gasteiger partial charge in [0.2, 0.25) is 0 Å². The lowest BCUT2D eigenvalue weighted by molar-refractivity contribution is -0.00518. The summed E-state index contributed by atoms with van der Waals surface area (Å²) in [7, 11) is 0. The normalized spacial score (nSPS) is 26.0. The average molecular weight is 469 g/mol. The lowest BCUT2D eigenvalue weighted by Crippen LogP contribution is -2.48. The first-order chi connectivity index (χ1) is 17.7. The van der Waals surface area contributed by atoms with Crippen molar-refractivity contribution in [3.05, 3.63) is 90.0 Å². The van der Waals surface area contributed by atoms with Gasteiger partial charge in [0, 0.05) is 16.7 Å². The predicted molar refractivity (Wildman–Crippen MR) is 141 cm³/mol. The van der Waals surface area contributed by atoms with Crippen LogP contribution in [-0.4, -0.2) is 15.0 Å². The number of rotatable bonds is 4. The monoisotopic (exact) mass is 468 g/mol. The molecule has 1 heterocycles. The van der Waals surface area contributed by atoms with Gasteiger partial charge in [-0.15, -0.1) is 0 Å². The third kappa shape index (κ3) is 3.62. The topological polar surface area (TPSA) is 62.5 Å². The van der Waals surface area contributed by atoms with E-state index in [0.29, 0.717) is 28.5 Å². The molecular weight excluding hydrogens is 440 g/mol. The summed E-state index contributed by atoms with van der Waals surface area (Å²) < 4.78 is 0. The molecule has 0 atom stereocenters. The van der Waals surface area contributed by atoms with Crippen molar-refractivity contribution in [1.29, 1.82) is 5.26 Å². The Kier molecular flexibility index (Phi) is 4.99. The molecule has 0 radical (unpaired) electrons. The van der Waals surface area contributed by atoms with Gasteiger partial charge >= 0.3 is 0 Å². The first-order valence-corrected chi connectivity index (χ1v) is 13.1. The van der Waals surface area contributed by atoms with E-state index in [0.717, 1.165) is 34.4 Å². The van der Waals surface area contributed by atoms with Crippen molar-refractivity contribution >= 4 is 0 Å². The molecule has 4 saturated carbocycles. The van der Waals surface area contributed by atoms with Crippen LogP contribution in [0, 0.1) is 29.1 Å². The maximum Gasteiger partial charge on any atom is 0.165 e. The molecule has 0 aliphatic heterocycles. The molecule has 3 aromatic carbocycles. The zero-order valence-electron chi connectivity index (χ0n) is 20.3. The predicted octanol–water partition coefficient (Wildman–Crippen LogP) is 7.21. The molecule has 1 aromatic heterocycles. The molecule has 0 saturated heterocycles. The maximum atomic E-state index is 9.68. The molecule has 8 rings (SSSR count). The van der Waals surface area contributed by atoms with Crippen LogP contribution in [0.3, 0.4) is 0 Å². The van der Waals surface area contributed by atoms with Gasteiger partial charge in [0.15, 0.2) is 17.5 Å². The van der Waals surface area contributed by atoms with E-state index in [1.807, 2.05) is 48.5 Å². The van der Waals surface area contributed by atoms with Crippen LogP contribution in [0.25, 0.3) is 34.2 Å². The van der Waals surface area contributed by atoms with E-state index in [2.05, 4.69) is 30.3 Å². The van der Waals surface area contributed by atoms with Gasteiger partial charge in [-0.1, -0.05) is 66.7 Å². The Bertz CT molecular complexity index is 1430. The fraction of sp³-hybridized carbons (Fsp3) is 0.312. The summed E-state index contributed by atoms with van der Waals surface area (Å²) in [6.45, 7) is 0. The van der Waals surface area contributed by atoms with Gasteiger partial charge in [0.05, 0.1) is 11.6 Å². The van der Waals surface area contributed by atoms with Gasteiger partial charge in [-0.2, -0.15) is 5.26 Å². The number of hydrogen-bond acceptors (Lipinski definition) is 4. The van der Waals surface area contributed by atoms with Crippen LogP contribution in [-0.2, 0) is 5.41 Å². The second kappa shape index (κ2) is 8.38. The smallest absolute Gasteiger partial charge is 0.165 e. The largest absolute Gasteiger partial charge is 0.208 e. The summed E-state index contributed by atoms with van der Waals surface area (Å²) in [6, 6.07) is 28.8. The van der Waals surface area contributed by atoms with Gasteiger partial charge in [-0.25, -0.2) is 15.0 Å². The zero-order valence-corrected chi connectivity index (χ0v) is 20.3. The van der Waals surface area contributed by atoms with Crippen molar-refractivity contribution in [1.82, 2.24) is 15.0 Å². The maximum absolute atomic E-state index is 9.68. The highest BCUT2D eigenvalue weighted by molar-refractivity contribution is 5.70. The van der Waals surface area contributed by atoms with Gasteiger partial charge in [0.25, 0.3) is 0 Å². The van der Waals surface area contributed by atoms with E-state index < -0.39 is 0 Å². The fourth-order valence-corrected chi connectivity index (χ4v) is 7.55. The van der Waals surface area contributed by atoms with Crippen molar-refractivity contribution < 1.29 is 0 Å². The van der Waals surface area contributed by atoms with Crippen LogP contribution in [0.15, 0.2) is 78.9 Å². The van der Waals surface area contributed by atoms with E-state index in [4.69, 9.17) is 15.0 Å². The van der Waals surface area contributed by atoms with Gasteiger partial charge in [-0.3, -0.25) is 0 Å². The molecule has 176 valence electrons. The van der Waals surface area contributed by atoms with Gasteiger partial charge in [-0.05, 0) is 79.4 Å². The minimum absolute atomic E-state index is 0.373. The number of nitriles is 1. The van der Waals surface area contributed by atoms with Gasteiger partial charge < -0.3 is 0 Å². The highest BCUT2D eigenvalue weighted by atomic mass is 15.0. The quantitative estimate of drug-likeness (QED) is 0.317. The van der Waals surface area contributed by atoms with Crippen molar-refractivity contribution in [3.8, 4) is 40.2 Å². The molecule has 0 spiro atoms. The molecule has 4 fully saturated rings. The second-order valence-electron chi connectivity index (χ2n) is 11.1. The van der Waals surface area contributed by atoms with E-state index in [9.17, 15) is 5.26 Å². The minimum atomic E-state index is 0.373. The summed E-state index contributed by atoms with van der Waals surface area (Å²) in [5.74, 6) is 4.57. The SMILES string of the molecule is N#Cc1ccccc1-c1nc(-c2ccccc2)nc(-c2ccc(C34CC5CC(CC(C5)C3)C4)cc2)n1. The summed E-state index contributed by atoms with van der Waals surface area (Å²) in [5, 5.41) is 9.68. The molecule has 4 nitrogen and oxygen atoms in total. The molecule has 0 amide bonds. The Morgan fingerprint density at radius 2 is 1.14 bits per heavy atom. The Hall–Kier alpha value is -3.84. The first-order valence-electron chi connectivity index (χ1n) is 13.1. The van der Waals surface area contributed by atoms with Crippen molar-refractivity contribution in [2.75, 3.05) is 0 Å². The fourth-order valence-electron chi connectivity index (χ4n) is 7.55. The minimum Gasteiger partial charge on any atom is -0.208 e. The number of hydrogen-bond donors (Lipinski definition) is 0. The van der Waals surface area contributed by atoms with Gasteiger partial charge in [0.1, 0.15) is 0 Å². The van der Waals surface area contributed by atoms with Crippen LogP contribution in [0.1, 0.15) is 49.7 Å². The molecule has 36 heavy (non-hydrogen) atoms. The summed E-state index contributed by atoms with van der Waals surface area (Å²) in [4.78, 5) is 14.5. The molecule has 4 bridgehead atoms. The molecule has 4 aliphatic carbocycles. The molecule has 4 aliphatic rings. The standard InChI is InChI=1S/C32H28N4/c33-20-26-8-4-5-9-28(26)31-35-29(24-6-2-1-3-7-24)34-30(36-31)25-10-12-27(13-11-25)32-17-21-14-22(18-32)16-23(15-21)19-32/h1-13,21-23H,14-19H2. The molecular formula is C32H28N4. The van der Waals surface area contributed by atoms with E-state index in [1.165, 1.54) is 44.1 Å². The molecule has 4 aromatic rings. The van der Waals surface area contributed by atoms with Crippen molar-refractivity contribution in [2.24, 2.45) is 17.8 Å². The lowest BCUT2D eigenvalue weighted by Gasteiger charge is -2.57.